The summed E-state index contributed by atoms with van der Waals surface area (Å²) < 4.78 is 0. The first-order chi connectivity index (χ1) is 12.6. The van der Waals surface area contributed by atoms with Gasteiger partial charge in [0.15, 0.2) is 0 Å². The molecule has 6 heteroatoms. The predicted molar refractivity (Wildman–Crippen MR) is 109 cm³/mol. The first-order valence-corrected chi connectivity index (χ1v) is 8.63. The summed E-state index contributed by atoms with van der Waals surface area (Å²) in [6.45, 7) is 0. The van der Waals surface area contributed by atoms with Gasteiger partial charge in [-0.25, -0.2) is 10.4 Å². The van der Waals surface area contributed by atoms with Crippen LogP contribution in [0.4, 0.5) is 5.69 Å². The van der Waals surface area contributed by atoms with Gasteiger partial charge in [-0.05, 0) is 30.3 Å². The van der Waals surface area contributed by atoms with Crippen LogP contribution in [0.25, 0.3) is 0 Å². The van der Waals surface area contributed by atoms with Gasteiger partial charge >= 0.3 is 0 Å². The van der Waals surface area contributed by atoms with Crippen LogP contribution in [0.2, 0.25) is 10.0 Å². The zero-order valence-electron chi connectivity index (χ0n) is 13.7. The molecule has 0 heterocycles. The van der Waals surface area contributed by atoms with Crippen LogP contribution in [0.5, 0.6) is 0 Å². The summed E-state index contributed by atoms with van der Waals surface area (Å²) in [7, 11) is 0. The van der Waals surface area contributed by atoms with Crippen LogP contribution in [-0.2, 0) is 0 Å². The van der Waals surface area contributed by atoms with Crippen molar-refractivity contribution in [3.8, 4) is 0 Å². The second-order valence-electron chi connectivity index (χ2n) is 5.39. The molecule has 0 unspecified atom stereocenters. The molecule has 26 heavy (non-hydrogen) atoms. The van der Waals surface area contributed by atoms with E-state index in [2.05, 4.69) is 15.5 Å². The Morgan fingerprint density at radius 1 is 0.808 bits per heavy atom. The fourth-order valence-corrected chi connectivity index (χ4v) is 2.67. The lowest BCUT2D eigenvalue weighted by Crippen LogP contribution is -2.28. The zero-order chi connectivity index (χ0) is 18.4. The molecule has 0 amide bonds. The number of nitrogens with one attached hydrogen (secondary N) is 1. The highest BCUT2D eigenvalue weighted by molar-refractivity contribution is 6.35. The number of aliphatic imine (C=N–C) groups is 1. The molecule has 0 aliphatic carbocycles. The molecule has 0 bridgehead atoms. The average Bonchev–Trinajstić information content (AvgIpc) is 2.65. The number of nitrogens with two attached hydrogens (primary N) is 1. The van der Waals surface area contributed by atoms with E-state index in [1.807, 2.05) is 66.7 Å². The van der Waals surface area contributed by atoms with Crippen LogP contribution >= 0.6 is 23.2 Å². The number of hydrazone groups is 1. The van der Waals surface area contributed by atoms with E-state index in [4.69, 9.17) is 28.9 Å². The minimum Gasteiger partial charge on any atom is -0.368 e. The Bertz CT molecular complexity index is 936. The Morgan fingerprint density at radius 2 is 1.46 bits per heavy atom. The van der Waals surface area contributed by atoms with Crippen LogP contribution in [-0.4, -0.2) is 11.7 Å². The van der Waals surface area contributed by atoms with Gasteiger partial charge in [-0.15, -0.1) is 0 Å². The van der Waals surface area contributed by atoms with Gasteiger partial charge in [0.05, 0.1) is 16.4 Å². The fraction of sp³-hybridized carbons (Fsp3) is 0. The van der Waals surface area contributed by atoms with Crippen molar-refractivity contribution in [1.29, 1.82) is 0 Å². The Hall–Kier alpha value is -2.82. The van der Waals surface area contributed by atoms with Gasteiger partial charge in [-0.1, -0.05) is 71.7 Å². The van der Waals surface area contributed by atoms with Gasteiger partial charge < -0.3 is 5.73 Å². The summed E-state index contributed by atoms with van der Waals surface area (Å²) in [5.74, 6) is 0.176. The van der Waals surface area contributed by atoms with Gasteiger partial charge in [0.1, 0.15) is 0 Å². The van der Waals surface area contributed by atoms with E-state index in [0.29, 0.717) is 15.8 Å². The monoisotopic (exact) mass is 382 g/mol. The summed E-state index contributed by atoms with van der Waals surface area (Å²) in [6.07, 6.45) is 0. The molecule has 3 aromatic rings. The van der Waals surface area contributed by atoms with Crippen LogP contribution in [0.1, 0.15) is 11.1 Å². The molecule has 0 fully saturated rings. The lowest BCUT2D eigenvalue weighted by Gasteiger charge is -2.10. The summed E-state index contributed by atoms with van der Waals surface area (Å²) in [5.41, 5.74) is 11.7. The standard InChI is InChI=1S/C20H16Cl2N4/c21-15-12-10-14(11-13-15)19(17-8-4-5-9-18(17)22)25-26-20(23)24-16-6-2-1-3-7-16/h1-13H,(H3,23,24,26)/b25-19+. The Kier molecular flexibility index (Phi) is 5.89. The minimum atomic E-state index is 0.176. The van der Waals surface area contributed by atoms with E-state index >= 15 is 0 Å². The molecule has 0 aromatic heterocycles. The third kappa shape index (κ3) is 4.63. The van der Waals surface area contributed by atoms with Crippen LogP contribution in [0, 0.1) is 0 Å². The Balaban J connectivity index is 1.95. The molecular formula is C20H16Cl2N4. The molecule has 0 spiro atoms. The highest BCUT2D eigenvalue weighted by Crippen LogP contribution is 2.21. The molecule has 3 aromatic carbocycles. The first kappa shape index (κ1) is 18.0. The van der Waals surface area contributed by atoms with E-state index in [0.717, 1.165) is 16.8 Å². The second kappa shape index (κ2) is 8.52. The van der Waals surface area contributed by atoms with E-state index in [1.54, 1.807) is 12.1 Å². The van der Waals surface area contributed by atoms with Crippen LogP contribution < -0.4 is 11.2 Å². The zero-order valence-corrected chi connectivity index (χ0v) is 15.2. The summed E-state index contributed by atoms with van der Waals surface area (Å²) in [6, 6.07) is 24.2. The van der Waals surface area contributed by atoms with Gasteiger partial charge in [-0.2, -0.15) is 5.10 Å². The number of benzene rings is 3. The number of para-hydroxylation sites is 1. The van der Waals surface area contributed by atoms with Crippen molar-refractivity contribution in [3.63, 3.8) is 0 Å². The molecule has 3 rings (SSSR count). The summed E-state index contributed by atoms with van der Waals surface area (Å²) in [4.78, 5) is 4.28. The topological polar surface area (TPSA) is 62.8 Å². The number of guanidine groups is 1. The average molecular weight is 383 g/mol. The van der Waals surface area contributed by atoms with Crippen molar-refractivity contribution in [2.45, 2.75) is 0 Å². The van der Waals surface area contributed by atoms with Crippen molar-refractivity contribution in [1.82, 2.24) is 5.43 Å². The van der Waals surface area contributed by atoms with E-state index in [9.17, 15) is 0 Å². The molecule has 0 saturated carbocycles. The molecule has 3 N–H and O–H groups in total. The van der Waals surface area contributed by atoms with Crippen molar-refractivity contribution in [2.75, 3.05) is 0 Å². The normalized spacial score (nSPS) is 12.1. The number of nitrogens with zero attached hydrogens (tertiary/aromatic N) is 2. The predicted octanol–water partition coefficient (Wildman–Crippen LogP) is 4.98. The van der Waals surface area contributed by atoms with Crippen LogP contribution in [0.3, 0.4) is 0 Å². The third-order valence-corrected chi connectivity index (χ3v) is 4.12. The fourth-order valence-electron chi connectivity index (χ4n) is 2.32. The van der Waals surface area contributed by atoms with Crippen molar-refractivity contribution in [2.24, 2.45) is 15.8 Å². The van der Waals surface area contributed by atoms with Gasteiger partial charge in [0.25, 0.3) is 0 Å². The molecule has 0 aliphatic heterocycles. The SMILES string of the molecule is NC(=Nc1ccccc1)N/N=C(\c1ccc(Cl)cc1)c1ccccc1Cl. The molecule has 0 atom stereocenters. The number of rotatable bonds is 4. The number of halogens is 2. The molecule has 4 nitrogen and oxygen atoms in total. The number of hydrogen-bond acceptors (Lipinski definition) is 2. The highest BCUT2D eigenvalue weighted by Gasteiger charge is 2.11. The summed E-state index contributed by atoms with van der Waals surface area (Å²) >= 11 is 12.3. The lowest BCUT2D eigenvalue weighted by molar-refractivity contribution is 1.01. The summed E-state index contributed by atoms with van der Waals surface area (Å²) in [5, 5.41) is 5.66. The van der Waals surface area contributed by atoms with E-state index in [-0.39, 0.29) is 5.96 Å². The largest absolute Gasteiger partial charge is 0.368 e. The molecule has 0 saturated heterocycles. The molecule has 0 radical (unpaired) electrons. The Morgan fingerprint density at radius 3 is 2.15 bits per heavy atom. The smallest absolute Gasteiger partial charge is 0.214 e. The quantitative estimate of drug-likeness (QED) is 0.379. The first-order valence-electron chi connectivity index (χ1n) is 7.87. The van der Waals surface area contributed by atoms with Crippen LogP contribution in [0.15, 0.2) is 89.0 Å². The van der Waals surface area contributed by atoms with Gasteiger partial charge in [-0.3, -0.25) is 0 Å². The van der Waals surface area contributed by atoms with Crippen molar-refractivity contribution < 1.29 is 0 Å². The Labute approximate surface area is 162 Å². The van der Waals surface area contributed by atoms with Crippen molar-refractivity contribution >= 4 is 40.6 Å². The van der Waals surface area contributed by atoms with Crippen molar-refractivity contribution in [3.05, 3.63) is 100 Å². The molecule has 0 aliphatic rings. The maximum Gasteiger partial charge on any atom is 0.214 e. The lowest BCUT2D eigenvalue weighted by atomic mass is 10.0. The molecule has 130 valence electrons. The maximum absolute atomic E-state index is 6.35. The van der Waals surface area contributed by atoms with E-state index < -0.39 is 0 Å². The van der Waals surface area contributed by atoms with Gasteiger partial charge in [0.2, 0.25) is 5.96 Å². The number of hydrogen-bond donors (Lipinski definition) is 2. The minimum absolute atomic E-state index is 0.176. The van der Waals surface area contributed by atoms with E-state index in [1.165, 1.54) is 0 Å². The maximum atomic E-state index is 6.35. The second-order valence-corrected chi connectivity index (χ2v) is 6.24. The highest BCUT2D eigenvalue weighted by atomic mass is 35.5. The van der Waals surface area contributed by atoms with Gasteiger partial charge in [0, 0.05) is 16.1 Å². The third-order valence-electron chi connectivity index (χ3n) is 3.53. The molecular weight excluding hydrogens is 367 g/mol.